The van der Waals surface area contributed by atoms with E-state index < -0.39 is 64.6 Å². The summed E-state index contributed by atoms with van der Waals surface area (Å²) in [6.07, 6.45) is 4.73. The molecule has 2 fully saturated rings. The standard InChI is InChI=1S/C30H51N5O7.2C3H8.C2H6/c1-16(2)32-26(39)23(37)20(13-19-11-12-19)33-25(38)22-18(4)17(3)15-35(22)27(40)24(29(5,6)7)34-28(41)31-14-21(36)42-30(8,9)10;2*1-3-2;1-2/h16-20,22,24H,11-15H2,1-10H3,(H,32,39)(H,33,38)(H2,31,34,41);2*3H2,1-2H3;1-2H3. The van der Waals surface area contributed by atoms with Gasteiger partial charge in [-0.3, -0.25) is 24.0 Å². The summed E-state index contributed by atoms with van der Waals surface area (Å²) in [6, 6.07) is -3.86. The SMILES string of the molecule is CC.CC(C)NC(=O)C(=O)C(CC1CC1)NC(=O)C1C(C)C(C)CN1C(=O)C(NC(=O)NCC(=O)OC(C)(C)C)C(C)(C)C.CCC.CCC. The molecule has 0 aromatic heterocycles. The zero-order valence-electron chi connectivity index (χ0n) is 34.3. The third-order valence-corrected chi connectivity index (χ3v) is 7.51. The highest BCUT2D eigenvalue weighted by Crippen LogP contribution is 2.35. The predicted octanol–water partition coefficient (Wildman–Crippen LogP) is 5.76. The van der Waals surface area contributed by atoms with Crippen LogP contribution in [0.5, 0.6) is 0 Å². The van der Waals surface area contributed by atoms with Gasteiger partial charge in [0.1, 0.15) is 24.2 Å². The van der Waals surface area contributed by atoms with Gasteiger partial charge in [-0.1, -0.05) is 102 Å². The maximum Gasteiger partial charge on any atom is 0.325 e. The van der Waals surface area contributed by atoms with Gasteiger partial charge in [0.05, 0.1) is 6.04 Å². The Bertz CT molecular complexity index is 1070. The molecule has 4 N–H and O–H groups in total. The zero-order chi connectivity index (χ0) is 39.6. The third-order valence-electron chi connectivity index (χ3n) is 7.51. The lowest BCUT2D eigenvalue weighted by atomic mass is 9.85. The lowest BCUT2D eigenvalue weighted by Gasteiger charge is -2.36. The first-order valence-corrected chi connectivity index (χ1v) is 18.8. The van der Waals surface area contributed by atoms with Crippen molar-refractivity contribution in [3.63, 3.8) is 0 Å². The molecule has 12 nitrogen and oxygen atoms in total. The smallest absolute Gasteiger partial charge is 0.325 e. The van der Waals surface area contributed by atoms with E-state index in [9.17, 15) is 28.8 Å². The lowest BCUT2D eigenvalue weighted by Crippen LogP contribution is -2.61. The molecule has 292 valence electrons. The molecule has 5 unspecified atom stereocenters. The van der Waals surface area contributed by atoms with Crippen LogP contribution in [-0.4, -0.2) is 83.3 Å². The van der Waals surface area contributed by atoms with Gasteiger partial charge in [-0.15, -0.1) is 0 Å². The van der Waals surface area contributed by atoms with Crippen LogP contribution in [0.1, 0.15) is 143 Å². The van der Waals surface area contributed by atoms with Crippen molar-refractivity contribution in [2.45, 2.75) is 173 Å². The number of esters is 1. The molecule has 2 rings (SSSR count). The molecule has 1 saturated carbocycles. The Hall–Kier alpha value is -3.18. The third kappa shape index (κ3) is 18.7. The van der Waals surface area contributed by atoms with Gasteiger partial charge in [0, 0.05) is 12.6 Å². The van der Waals surface area contributed by atoms with Gasteiger partial charge in [0.25, 0.3) is 5.91 Å². The molecule has 1 aliphatic carbocycles. The number of rotatable bonds is 11. The highest BCUT2D eigenvalue weighted by Gasteiger charge is 2.48. The van der Waals surface area contributed by atoms with E-state index in [1.807, 2.05) is 27.7 Å². The first-order chi connectivity index (χ1) is 23.0. The number of ether oxygens (including phenoxy) is 1. The fourth-order valence-electron chi connectivity index (χ4n) is 4.99. The number of urea groups is 1. The molecule has 1 heterocycles. The van der Waals surface area contributed by atoms with Gasteiger partial charge < -0.3 is 30.9 Å². The number of amides is 5. The van der Waals surface area contributed by atoms with Crippen LogP contribution in [0.2, 0.25) is 0 Å². The van der Waals surface area contributed by atoms with Gasteiger partial charge >= 0.3 is 12.0 Å². The quantitative estimate of drug-likeness (QED) is 0.156. The Morgan fingerprint density at radius 1 is 0.820 bits per heavy atom. The van der Waals surface area contributed by atoms with E-state index >= 15 is 0 Å². The number of nitrogens with zero attached hydrogens (tertiary/aromatic N) is 1. The fraction of sp³-hybridized carbons (Fsp3) is 0.842. The van der Waals surface area contributed by atoms with Crippen LogP contribution < -0.4 is 21.3 Å². The van der Waals surface area contributed by atoms with E-state index in [0.717, 1.165) is 12.8 Å². The number of carbonyl (C=O) groups excluding carboxylic acids is 6. The zero-order valence-corrected chi connectivity index (χ0v) is 34.3. The molecular weight excluding hydrogens is 638 g/mol. The topological polar surface area (TPSA) is 163 Å². The Labute approximate surface area is 303 Å². The maximum atomic E-state index is 14.0. The number of likely N-dealkylation sites (tertiary alicyclic amines) is 1. The van der Waals surface area contributed by atoms with Crippen molar-refractivity contribution >= 4 is 35.5 Å². The molecule has 0 bridgehead atoms. The first-order valence-electron chi connectivity index (χ1n) is 18.8. The second-order valence-electron chi connectivity index (χ2n) is 15.6. The summed E-state index contributed by atoms with van der Waals surface area (Å²) >= 11 is 0. The molecule has 0 aromatic carbocycles. The van der Waals surface area contributed by atoms with Gasteiger partial charge in [-0.05, 0) is 64.2 Å². The minimum absolute atomic E-state index is 0.0341. The van der Waals surface area contributed by atoms with E-state index in [4.69, 9.17) is 4.74 Å². The normalized spacial score (nSPS) is 19.5. The molecule has 12 heteroatoms. The molecule has 1 aliphatic heterocycles. The Morgan fingerprint density at radius 2 is 1.32 bits per heavy atom. The van der Waals surface area contributed by atoms with Crippen molar-refractivity contribution in [1.29, 1.82) is 0 Å². The second kappa shape index (κ2) is 23.3. The van der Waals surface area contributed by atoms with Crippen molar-refractivity contribution < 1.29 is 33.5 Å². The molecule has 2 aliphatic rings. The molecule has 0 spiro atoms. The molecule has 1 saturated heterocycles. The number of hydrogen-bond donors (Lipinski definition) is 4. The summed E-state index contributed by atoms with van der Waals surface area (Å²) in [7, 11) is 0. The van der Waals surface area contributed by atoms with E-state index in [1.165, 1.54) is 17.7 Å². The van der Waals surface area contributed by atoms with Crippen LogP contribution in [-0.2, 0) is 28.7 Å². The largest absolute Gasteiger partial charge is 0.459 e. The Kier molecular flexibility index (Phi) is 22.8. The summed E-state index contributed by atoms with van der Waals surface area (Å²) in [5, 5.41) is 10.5. The number of Topliss-reactive ketones (excluding diaryl/α,β-unsaturated/α-hetero) is 1. The number of hydrogen-bond acceptors (Lipinski definition) is 7. The van der Waals surface area contributed by atoms with Crippen molar-refractivity contribution in [3.8, 4) is 0 Å². The van der Waals surface area contributed by atoms with E-state index in [-0.39, 0.29) is 36.9 Å². The van der Waals surface area contributed by atoms with Crippen molar-refractivity contribution in [2.24, 2.45) is 23.2 Å². The van der Waals surface area contributed by atoms with Crippen molar-refractivity contribution in [2.75, 3.05) is 13.1 Å². The number of ketones is 1. The van der Waals surface area contributed by atoms with E-state index in [2.05, 4.69) is 49.0 Å². The van der Waals surface area contributed by atoms with Gasteiger partial charge in [-0.2, -0.15) is 0 Å². The maximum absolute atomic E-state index is 14.0. The minimum atomic E-state index is -1.02. The molecule has 0 radical (unpaired) electrons. The Morgan fingerprint density at radius 3 is 1.74 bits per heavy atom. The number of carbonyl (C=O) groups is 6. The highest BCUT2D eigenvalue weighted by atomic mass is 16.6. The average Bonchev–Trinajstić information content (AvgIpc) is 3.76. The first kappa shape index (κ1) is 48.9. The van der Waals surface area contributed by atoms with Crippen LogP contribution in [0.3, 0.4) is 0 Å². The summed E-state index contributed by atoms with van der Waals surface area (Å²) in [5.74, 6) is -3.02. The second-order valence-corrected chi connectivity index (χ2v) is 15.6. The summed E-state index contributed by atoms with van der Waals surface area (Å²) in [4.78, 5) is 79.5. The molecule has 0 aromatic rings. The van der Waals surface area contributed by atoms with Gasteiger partial charge in [0.2, 0.25) is 17.6 Å². The summed E-state index contributed by atoms with van der Waals surface area (Å²) < 4.78 is 5.21. The highest BCUT2D eigenvalue weighted by molar-refractivity contribution is 6.38. The van der Waals surface area contributed by atoms with Crippen LogP contribution in [0.25, 0.3) is 0 Å². The molecule has 5 atom stereocenters. The average molecular weight is 712 g/mol. The minimum Gasteiger partial charge on any atom is -0.459 e. The predicted molar refractivity (Wildman–Crippen MR) is 200 cm³/mol. The van der Waals surface area contributed by atoms with Crippen molar-refractivity contribution in [3.05, 3.63) is 0 Å². The summed E-state index contributed by atoms with van der Waals surface area (Å²) in [5.41, 5.74) is -1.45. The van der Waals surface area contributed by atoms with Crippen LogP contribution >= 0.6 is 0 Å². The molecule has 5 amide bonds. The van der Waals surface area contributed by atoms with Crippen molar-refractivity contribution in [1.82, 2.24) is 26.2 Å². The molecular formula is C38H73N5O7. The van der Waals surface area contributed by atoms with Crippen LogP contribution in [0, 0.1) is 23.2 Å². The number of nitrogens with one attached hydrogen (secondary N) is 4. The van der Waals surface area contributed by atoms with E-state index in [0.29, 0.717) is 6.42 Å². The lowest BCUT2D eigenvalue weighted by molar-refractivity contribution is -0.153. The van der Waals surface area contributed by atoms with Gasteiger partial charge in [-0.25, -0.2) is 4.79 Å². The Balaban J connectivity index is 0. The van der Waals surface area contributed by atoms with Gasteiger partial charge in [0.15, 0.2) is 0 Å². The van der Waals surface area contributed by atoms with Crippen LogP contribution in [0.15, 0.2) is 0 Å². The van der Waals surface area contributed by atoms with E-state index in [1.54, 1.807) is 55.4 Å². The summed E-state index contributed by atoms with van der Waals surface area (Å²) in [6.45, 7) is 30.2. The fourth-order valence-corrected chi connectivity index (χ4v) is 4.99. The monoisotopic (exact) mass is 712 g/mol. The van der Waals surface area contributed by atoms with Crippen LogP contribution in [0.4, 0.5) is 4.79 Å². The molecule has 50 heavy (non-hydrogen) atoms.